The lowest BCUT2D eigenvalue weighted by atomic mass is 9.95. The van der Waals surface area contributed by atoms with Gasteiger partial charge in [-0.3, -0.25) is 14.7 Å². The Labute approximate surface area is 115 Å². The molecule has 1 amide bonds. The maximum atomic E-state index is 13.7. The molecule has 108 valence electrons. The normalized spacial score (nSPS) is 22.4. The van der Waals surface area contributed by atoms with Crippen LogP contribution in [0.1, 0.15) is 32.5 Å². The third-order valence-corrected chi connectivity index (χ3v) is 2.72. The van der Waals surface area contributed by atoms with E-state index in [1.54, 1.807) is 20.8 Å². The Morgan fingerprint density at radius 3 is 2.70 bits per heavy atom. The molecule has 2 rings (SSSR count). The number of ketones is 1. The number of carbonyl (C=O) groups excluding carboxylic acids is 2. The molecule has 1 aromatic rings. The van der Waals surface area contributed by atoms with Crippen molar-refractivity contribution in [1.29, 1.82) is 0 Å². The minimum Gasteiger partial charge on any atom is -0.444 e. The maximum absolute atomic E-state index is 13.7. The van der Waals surface area contributed by atoms with E-state index in [0.717, 1.165) is 11.0 Å². The van der Waals surface area contributed by atoms with Gasteiger partial charge in [-0.25, -0.2) is 9.18 Å². The second-order valence-corrected chi connectivity index (χ2v) is 5.44. The zero-order chi connectivity index (χ0) is 15.1. The number of aliphatic hydroxyl groups is 1. The summed E-state index contributed by atoms with van der Waals surface area (Å²) in [5.41, 5.74) is -0.989. The molecular weight excluding hydrogens is 267 g/mol. The number of halogens is 1. The molecule has 0 radical (unpaired) electrons. The summed E-state index contributed by atoms with van der Waals surface area (Å²) in [4.78, 5) is 28.2. The van der Waals surface area contributed by atoms with Crippen LogP contribution in [-0.2, 0) is 9.53 Å². The number of hydrogen-bond donors (Lipinski definition) is 1. The highest BCUT2D eigenvalue weighted by atomic mass is 19.1. The Morgan fingerprint density at radius 2 is 2.15 bits per heavy atom. The van der Waals surface area contributed by atoms with E-state index in [4.69, 9.17) is 4.74 Å². The first-order valence-electron chi connectivity index (χ1n) is 6.06. The molecule has 1 aliphatic rings. The van der Waals surface area contributed by atoms with Crippen LogP contribution in [-0.4, -0.2) is 38.7 Å². The van der Waals surface area contributed by atoms with Crippen LogP contribution in [0.4, 0.5) is 9.18 Å². The zero-order valence-corrected chi connectivity index (χ0v) is 11.3. The number of nitrogens with zero attached hydrogens (tertiary/aromatic N) is 2. The van der Waals surface area contributed by atoms with Crippen LogP contribution in [0, 0.1) is 5.82 Å². The molecular formula is C13H15FN2O4. The average Bonchev–Trinajstić information content (AvgIpc) is 2.33. The van der Waals surface area contributed by atoms with Gasteiger partial charge in [0.2, 0.25) is 5.78 Å². The van der Waals surface area contributed by atoms with Gasteiger partial charge in [0.1, 0.15) is 23.2 Å². The van der Waals surface area contributed by atoms with Crippen LogP contribution in [0.25, 0.3) is 0 Å². The number of hydrogen-bond acceptors (Lipinski definition) is 5. The van der Waals surface area contributed by atoms with E-state index >= 15 is 0 Å². The van der Waals surface area contributed by atoms with E-state index < -0.39 is 35.6 Å². The summed E-state index contributed by atoms with van der Waals surface area (Å²) in [7, 11) is 0. The Balaban J connectivity index is 2.27. The van der Waals surface area contributed by atoms with Gasteiger partial charge in [0.05, 0.1) is 0 Å². The standard InChI is InChI=1S/C13H15FN2O4/c1-13(2,3)20-12(19)16-9(10(17)11(16)18)8-7(14)5-4-6-15-8/h4-6,9,11,18H,1-3H3/t9-,11?/m0/s1. The fourth-order valence-corrected chi connectivity index (χ4v) is 1.86. The first-order valence-corrected chi connectivity index (χ1v) is 6.06. The Morgan fingerprint density at radius 1 is 1.50 bits per heavy atom. The van der Waals surface area contributed by atoms with Gasteiger partial charge in [-0.15, -0.1) is 0 Å². The van der Waals surface area contributed by atoms with Gasteiger partial charge >= 0.3 is 6.09 Å². The lowest BCUT2D eigenvalue weighted by Crippen LogP contribution is -2.62. The molecule has 1 saturated heterocycles. The predicted octanol–water partition coefficient (Wildman–Crippen LogP) is 1.40. The third-order valence-electron chi connectivity index (χ3n) is 2.72. The highest BCUT2D eigenvalue weighted by Crippen LogP contribution is 2.35. The van der Waals surface area contributed by atoms with Gasteiger partial charge in [0.25, 0.3) is 0 Å². The molecule has 1 N–H and O–H groups in total. The smallest absolute Gasteiger partial charge is 0.413 e. The number of rotatable bonds is 1. The van der Waals surface area contributed by atoms with Crippen LogP contribution < -0.4 is 0 Å². The molecule has 20 heavy (non-hydrogen) atoms. The van der Waals surface area contributed by atoms with Crippen molar-refractivity contribution in [3.8, 4) is 0 Å². The van der Waals surface area contributed by atoms with Crippen LogP contribution in [0.5, 0.6) is 0 Å². The van der Waals surface area contributed by atoms with E-state index in [1.807, 2.05) is 0 Å². The summed E-state index contributed by atoms with van der Waals surface area (Å²) in [6.07, 6.45) is -1.21. The van der Waals surface area contributed by atoms with Gasteiger partial charge in [-0.2, -0.15) is 0 Å². The molecule has 6 nitrogen and oxygen atoms in total. The van der Waals surface area contributed by atoms with Gasteiger partial charge in [0, 0.05) is 6.20 Å². The molecule has 0 saturated carbocycles. The molecule has 0 aromatic carbocycles. The molecule has 2 atom stereocenters. The summed E-state index contributed by atoms with van der Waals surface area (Å²) >= 11 is 0. The van der Waals surface area contributed by atoms with E-state index in [-0.39, 0.29) is 5.69 Å². The minimum absolute atomic E-state index is 0.200. The van der Waals surface area contributed by atoms with E-state index in [1.165, 1.54) is 12.3 Å². The lowest BCUT2D eigenvalue weighted by molar-refractivity contribution is -0.167. The molecule has 0 spiro atoms. The molecule has 0 bridgehead atoms. The summed E-state index contributed by atoms with van der Waals surface area (Å²) in [6, 6.07) is 1.25. The number of likely N-dealkylation sites (tertiary alicyclic amines) is 1. The third kappa shape index (κ3) is 2.49. The van der Waals surface area contributed by atoms with Gasteiger partial charge in [-0.05, 0) is 32.9 Å². The number of Topliss-reactive ketones (excluding diaryl/α,β-unsaturated/α-hetero) is 1. The number of amides is 1. The monoisotopic (exact) mass is 282 g/mol. The first kappa shape index (κ1) is 14.4. The molecule has 7 heteroatoms. The maximum Gasteiger partial charge on any atom is 0.413 e. The van der Waals surface area contributed by atoms with Crippen molar-refractivity contribution in [2.75, 3.05) is 0 Å². The SMILES string of the molecule is CC(C)(C)OC(=O)N1C(O)C(=O)[C@@H]1c1ncccc1F. The van der Waals surface area contributed by atoms with Gasteiger partial charge in [0.15, 0.2) is 6.23 Å². The highest BCUT2D eigenvalue weighted by Gasteiger charge is 2.53. The number of pyridine rings is 1. The minimum atomic E-state index is -1.63. The molecule has 0 aliphatic carbocycles. The summed E-state index contributed by atoms with van der Waals surface area (Å²) in [5, 5.41) is 9.59. The van der Waals surface area contributed by atoms with Crippen molar-refractivity contribution in [1.82, 2.24) is 9.88 Å². The number of ether oxygens (including phenoxy) is 1. The van der Waals surface area contributed by atoms with Crippen molar-refractivity contribution < 1.29 is 23.8 Å². The number of carbonyl (C=O) groups is 2. The first-order chi connectivity index (χ1) is 9.22. The fraction of sp³-hybridized carbons (Fsp3) is 0.462. The Kier molecular flexibility index (Phi) is 3.47. The Hall–Kier alpha value is -2.02. The lowest BCUT2D eigenvalue weighted by Gasteiger charge is -2.43. The molecule has 1 unspecified atom stereocenters. The van der Waals surface area contributed by atoms with Gasteiger partial charge < -0.3 is 9.84 Å². The second-order valence-electron chi connectivity index (χ2n) is 5.44. The van der Waals surface area contributed by atoms with Crippen molar-refractivity contribution >= 4 is 11.9 Å². The summed E-state index contributed by atoms with van der Waals surface area (Å²) < 4.78 is 18.7. The van der Waals surface area contributed by atoms with Crippen molar-refractivity contribution in [2.24, 2.45) is 0 Å². The van der Waals surface area contributed by atoms with Crippen molar-refractivity contribution in [3.05, 3.63) is 29.8 Å². The van der Waals surface area contributed by atoms with Gasteiger partial charge in [-0.1, -0.05) is 0 Å². The molecule has 1 aliphatic heterocycles. The number of aromatic nitrogens is 1. The molecule has 2 heterocycles. The Bertz CT molecular complexity index is 556. The van der Waals surface area contributed by atoms with Crippen LogP contribution in [0.15, 0.2) is 18.3 Å². The second kappa shape index (κ2) is 4.82. The topological polar surface area (TPSA) is 79.7 Å². The van der Waals surface area contributed by atoms with E-state index in [2.05, 4.69) is 4.98 Å². The van der Waals surface area contributed by atoms with Crippen molar-refractivity contribution in [2.45, 2.75) is 38.6 Å². The summed E-state index contributed by atoms with van der Waals surface area (Å²) in [5.74, 6) is -1.40. The predicted molar refractivity (Wildman–Crippen MR) is 66.0 cm³/mol. The quantitative estimate of drug-likeness (QED) is 0.842. The fourth-order valence-electron chi connectivity index (χ4n) is 1.86. The zero-order valence-electron chi connectivity index (χ0n) is 11.3. The van der Waals surface area contributed by atoms with Crippen molar-refractivity contribution in [3.63, 3.8) is 0 Å². The van der Waals surface area contributed by atoms with E-state index in [0.29, 0.717) is 0 Å². The number of aliphatic hydroxyl groups excluding tert-OH is 1. The largest absolute Gasteiger partial charge is 0.444 e. The highest BCUT2D eigenvalue weighted by molar-refractivity contribution is 5.99. The van der Waals surface area contributed by atoms with Crippen LogP contribution in [0.3, 0.4) is 0 Å². The summed E-state index contributed by atoms with van der Waals surface area (Å²) in [6.45, 7) is 4.94. The van der Waals surface area contributed by atoms with E-state index in [9.17, 15) is 19.1 Å². The van der Waals surface area contributed by atoms with Crippen LogP contribution in [0.2, 0.25) is 0 Å². The molecule has 1 fully saturated rings. The van der Waals surface area contributed by atoms with Crippen LogP contribution >= 0.6 is 0 Å². The average molecular weight is 282 g/mol. The molecule has 1 aromatic heterocycles.